The molecule has 32 heavy (non-hydrogen) atoms. The van der Waals surface area contributed by atoms with Crippen molar-refractivity contribution in [3.8, 4) is 0 Å². The highest BCUT2D eigenvalue weighted by Gasteiger charge is 2.16. The van der Waals surface area contributed by atoms with E-state index in [-0.39, 0.29) is 0 Å². The third-order valence-corrected chi connectivity index (χ3v) is 5.45. The van der Waals surface area contributed by atoms with Gasteiger partial charge in [-0.15, -0.1) is 0 Å². The molecule has 159 valence electrons. The van der Waals surface area contributed by atoms with Crippen LogP contribution in [-0.2, 0) is 24.0 Å². The molecule has 0 heterocycles. The van der Waals surface area contributed by atoms with Crippen molar-refractivity contribution in [3.05, 3.63) is 144 Å². The standard InChI is InChI=1S/C29H26NO2/c1-32-29(31)30-28-26(18-23-13-7-3-8-14-23)20-25(17-22-11-5-2-6-12-22)21-27(28)19-24-15-9-4-10-16-24/h2-16,20-21H,1,17-19H2,(H,30,31). The summed E-state index contributed by atoms with van der Waals surface area (Å²) in [5.74, 6) is 0. The molecule has 3 heteroatoms. The lowest BCUT2D eigenvalue weighted by Crippen LogP contribution is -2.15. The number of amides is 1. The van der Waals surface area contributed by atoms with Crippen molar-refractivity contribution in [2.75, 3.05) is 5.32 Å². The van der Waals surface area contributed by atoms with Crippen LogP contribution in [0, 0.1) is 7.11 Å². The van der Waals surface area contributed by atoms with Gasteiger partial charge in [-0.25, -0.2) is 4.79 Å². The molecule has 1 amide bonds. The van der Waals surface area contributed by atoms with E-state index >= 15 is 0 Å². The van der Waals surface area contributed by atoms with Gasteiger partial charge in [-0.3, -0.25) is 5.32 Å². The second-order valence-corrected chi connectivity index (χ2v) is 7.83. The molecule has 4 rings (SSSR count). The van der Waals surface area contributed by atoms with Crippen molar-refractivity contribution in [2.24, 2.45) is 0 Å². The number of ether oxygens (including phenoxy) is 1. The summed E-state index contributed by atoms with van der Waals surface area (Å²) in [5, 5.41) is 2.94. The molecule has 0 bridgehead atoms. The minimum absolute atomic E-state index is 0.565. The van der Waals surface area contributed by atoms with Gasteiger partial charge in [0.05, 0.1) is 5.69 Å². The van der Waals surface area contributed by atoms with Gasteiger partial charge in [-0.1, -0.05) is 103 Å². The molecule has 4 aromatic carbocycles. The third kappa shape index (κ3) is 5.64. The molecular weight excluding hydrogens is 394 g/mol. The Morgan fingerprint density at radius 1 is 0.625 bits per heavy atom. The number of anilines is 1. The molecule has 0 saturated heterocycles. The van der Waals surface area contributed by atoms with Crippen LogP contribution in [-0.4, -0.2) is 6.09 Å². The lowest BCUT2D eigenvalue weighted by Gasteiger charge is -2.18. The number of hydrogen-bond donors (Lipinski definition) is 1. The SMILES string of the molecule is [CH2]OC(=O)Nc1c(Cc2ccccc2)cc(Cc2ccccc2)cc1Cc1ccccc1. The molecule has 0 aliphatic heterocycles. The summed E-state index contributed by atoms with van der Waals surface area (Å²) in [7, 11) is 3.27. The van der Waals surface area contributed by atoms with Crippen molar-refractivity contribution >= 4 is 11.8 Å². The van der Waals surface area contributed by atoms with Crippen LogP contribution in [0.25, 0.3) is 0 Å². The zero-order valence-electron chi connectivity index (χ0n) is 18.0. The molecular formula is C29H26NO2. The lowest BCUT2D eigenvalue weighted by molar-refractivity contribution is 0.199. The summed E-state index contributed by atoms with van der Waals surface area (Å²) in [6.07, 6.45) is 1.67. The van der Waals surface area contributed by atoms with Crippen LogP contribution in [0.5, 0.6) is 0 Å². The van der Waals surface area contributed by atoms with Gasteiger partial charge in [-0.05, 0) is 52.6 Å². The molecule has 0 aliphatic rings. The Morgan fingerprint density at radius 2 is 1.03 bits per heavy atom. The molecule has 0 saturated carbocycles. The number of carbonyl (C=O) groups is 1. The van der Waals surface area contributed by atoms with Crippen molar-refractivity contribution in [1.29, 1.82) is 0 Å². The molecule has 0 fully saturated rings. The Kier molecular flexibility index (Phi) is 6.98. The van der Waals surface area contributed by atoms with Crippen LogP contribution in [0.4, 0.5) is 10.5 Å². The summed E-state index contributed by atoms with van der Waals surface area (Å²) in [6.45, 7) is 0. The first-order valence-corrected chi connectivity index (χ1v) is 10.7. The lowest BCUT2D eigenvalue weighted by atomic mass is 9.92. The summed E-state index contributed by atoms with van der Waals surface area (Å²) in [6, 6.07) is 35.4. The average Bonchev–Trinajstić information content (AvgIpc) is 2.83. The van der Waals surface area contributed by atoms with Gasteiger partial charge >= 0.3 is 6.09 Å². The van der Waals surface area contributed by atoms with Gasteiger partial charge in [0.25, 0.3) is 0 Å². The maximum Gasteiger partial charge on any atom is 0.411 e. The first-order valence-electron chi connectivity index (χ1n) is 10.7. The van der Waals surface area contributed by atoms with Gasteiger partial charge in [-0.2, -0.15) is 0 Å². The molecule has 0 aliphatic carbocycles. The quantitative estimate of drug-likeness (QED) is 0.357. The average molecular weight is 421 g/mol. The predicted octanol–water partition coefficient (Wildman–Crippen LogP) is 6.80. The minimum Gasteiger partial charge on any atom is -0.446 e. The van der Waals surface area contributed by atoms with Crippen LogP contribution in [0.15, 0.2) is 103 Å². The second kappa shape index (κ2) is 10.5. The van der Waals surface area contributed by atoms with Crippen LogP contribution in [0.2, 0.25) is 0 Å². The monoisotopic (exact) mass is 420 g/mol. The van der Waals surface area contributed by atoms with Gasteiger partial charge in [0, 0.05) is 0 Å². The largest absolute Gasteiger partial charge is 0.446 e. The van der Waals surface area contributed by atoms with E-state index in [0.717, 1.165) is 23.2 Å². The van der Waals surface area contributed by atoms with Crippen LogP contribution in [0.1, 0.15) is 33.4 Å². The molecule has 1 N–H and O–H groups in total. The highest BCUT2D eigenvalue weighted by Crippen LogP contribution is 2.29. The third-order valence-electron chi connectivity index (χ3n) is 5.45. The van der Waals surface area contributed by atoms with E-state index in [2.05, 4.69) is 73.1 Å². The summed E-state index contributed by atoms with van der Waals surface area (Å²) >= 11 is 0. The van der Waals surface area contributed by atoms with Gasteiger partial charge in [0.15, 0.2) is 0 Å². The molecule has 4 aromatic rings. The summed E-state index contributed by atoms with van der Waals surface area (Å²) in [5.41, 5.74) is 7.73. The fourth-order valence-corrected chi connectivity index (χ4v) is 3.98. The van der Waals surface area contributed by atoms with E-state index in [9.17, 15) is 4.79 Å². The normalized spacial score (nSPS) is 10.5. The van der Waals surface area contributed by atoms with E-state index < -0.39 is 6.09 Å². The first kappa shape index (κ1) is 21.4. The number of carbonyl (C=O) groups excluding carboxylic acids is 1. The second-order valence-electron chi connectivity index (χ2n) is 7.83. The number of nitrogens with one attached hydrogen (secondary N) is 1. The molecule has 3 nitrogen and oxygen atoms in total. The van der Waals surface area contributed by atoms with E-state index in [1.54, 1.807) is 0 Å². The first-order chi connectivity index (χ1) is 15.7. The van der Waals surface area contributed by atoms with Gasteiger partial charge in [0.1, 0.15) is 7.11 Å². The maximum absolute atomic E-state index is 12.2. The smallest absolute Gasteiger partial charge is 0.411 e. The number of hydrogen-bond acceptors (Lipinski definition) is 2. The predicted molar refractivity (Wildman–Crippen MR) is 130 cm³/mol. The Morgan fingerprint density at radius 3 is 1.44 bits per heavy atom. The van der Waals surface area contributed by atoms with Crippen LogP contribution >= 0.6 is 0 Å². The Labute approximate surface area is 189 Å². The van der Waals surface area contributed by atoms with E-state index in [1.165, 1.54) is 22.3 Å². The highest BCUT2D eigenvalue weighted by atomic mass is 16.5. The topological polar surface area (TPSA) is 38.3 Å². The van der Waals surface area contributed by atoms with Crippen molar-refractivity contribution in [1.82, 2.24) is 0 Å². The number of rotatable bonds is 7. The van der Waals surface area contributed by atoms with E-state index in [1.807, 2.05) is 42.5 Å². The molecule has 0 spiro atoms. The molecule has 0 aromatic heterocycles. The maximum atomic E-state index is 12.2. The van der Waals surface area contributed by atoms with E-state index in [0.29, 0.717) is 12.8 Å². The van der Waals surface area contributed by atoms with Gasteiger partial charge < -0.3 is 4.74 Å². The Bertz CT molecular complexity index is 1090. The van der Waals surface area contributed by atoms with E-state index in [4.69, 9.17) is 4.74 Å². The zero-order valence-corrected chi connectivity index (χ0v) is 18.0. The van der Waals surface area contributed by atoms with Crippen molar-refractivity contribution in [2.45, 2.75) is 19.3 Å². The van der Waals surface area contributed by atoms with Gasteiger partial charge in [0.2, 0.25) is 0 Å². The fraction of sp³-hybridized carbons (Fsp3) is 0.103. The minimum atomic E-state index is -0.565. The Balaban J connectivity index is 1.79. The van der Waals surface area contributed by atoms with Crippen molar-refractivity contribution < 1.29 is 9.53 Å². The summed E-state index contributed by atoms with van der Waals surface area (Å²) in [4.78, 5) is 12.2. The number of benzene rings is 4. The summed E-state index contributed by atoms with van der Waals surface area (Å²) < 4.78 is 4.69. The van der Waals surface area contributed by atoms with Crippen molar-refractivity contribution in [3.63, 3.8) is 0 Å². The molecule has 1 radical (unpaired) electrons. The molecule has 0 unspecified atom stereocenters. The Hall–Kier alpha value is -3.85. The fourth-order valence-electron chi connectivity index (χ4n) is 3.98. The van der Waals surface area contributed by atoms with Crippen LogP contribution in [0.3, 0.4) is 0 Å². The van der Waals surface area contributed by atoms with Crippen LogP contribution < -0.4 is 5.32 Å². The highest BCUT2D eigenvalue weighted by molar-refractivity contribution is 5.87. The molecule has 0 atom stereocenters. The zero-order chi connectivity index (χ0) is 22.2.